The van der Waals surface area contributed by atoms with Crippen LogP contribution in [0.1, 0.15) is 68.1 Å². The Balaban J connectivity index is 2.33. The zero-order chi connectivity index (χ0) is 23.5. The van der Waals surface area contributed by atoms with E-state index in [2.05, 4.69) is 61.8 Å². The normalized spacial score (nSPS) is 13.6. The molecule has 2 atom stereocenters. The summed E-state index contributed by atoms with van der Waals surface area (Å²) >= 11 is 0. The molecule has 0 radical (unpaired) electrons. The van der Waals surface area contributed by atoms with Crippen molar-refractivity contribution in [1.82, 2.24) is 15.0 Å². The molecule has 0 aliphatic carbocycles. The number of nitrogens with two attached hydrogens (primary N) is 1. The summed E-state index contributed by atoms with van der Waals surface area (Å²) in [7, 11) is 0. The maximum Gasteiger partial charge on any atom is 0.335 e. The second-order valence-electron chi connectivity index (χ2n) is 9.29. The van der Waals surface area contributed by atoms with E-state index < -0.39 is 11.9 Å². The lowest BCUT2D eigenvalue weighted by Crippen LogP contribution is -2.32. The predicted molar refractivity (Wildman–Crippen MR) is 119 cm³/mol. The lowest BCUT2D eigenvalue weighted by Gasteiger charge is -2.38. The molecular weight excluding hydrogens is 398 g/mol. The van der Waals surface area contributed by atoms with Gasteiger partial charge in [0, 0.05) is 12.1 Å². The van der Waals surface area contributed by atoms with Gasteiger partial charge < -0.3 is 21.3 Å². The van der Waals surface area contributed by atoms with Gasteiger partial charge in [-0.1, -0.05) is 41.5 Å². The third kappa shape index (κ3) is 6.37. The first-order valence-corrected chi connectivity index (χ1v) is 10.2. The smallest absolute Gasteiger partial charge is 0.335 e. The van der Waals surface area contributed by atoms with E-state index in [9.17, 15) is 19.8 Å². The third-order valence-corrected chi connectivity index (χ3v) is 5.22. The zero-order valence-corrected chi connectivity index (χ0v) is 18.8. The lowest BCUT2D eigenvalue weighted by atomic mass is 9.67. The van der Waals surface area contributed by atoms with Crippen LogP contribution in [0.2, 0.25) is 0 Å². The van der Waals surface area contributed by atoms with Crippen molar-refractivity contribution in [2.75, 3.05) is 11.1 Å². The number of nitrogen functional groups attached to an aromatic ring is 1. The van der Waals surface area contributed by atoms with Gasteiger partial charge in [0.15, 0.2) is 0 Å². The predicted octanol–water partition coefficient (Wildman–Crippen LogP) is 4.09. The summed E-state index contributed by atoms with van der Waals surface area (Å²) in [6, 6.07) is 3.71. The summed E-state index contributed by atoms with van der Waals surface area (Å²) in [5.41, 5.74) is 5.89. The van der Waals surface area contributed by atoms with Crippen molar-refractivity contribution in [2.24, 2.45) is 23.2 Å². The molecule has 9 nitrogen and oxygen atoms in total. The van der Waals surface area contributed by atoms with E-state index in [1.165, 1.54) is 12.1 Å². The third-order valence-electron chi connectivity index (χ3n) is 5.22. The average molecular weight is 430 g/mol. The Morgan fingerprint density at radius 2 is 1.55 bits per heavy atom. The van der Waals surface area contributed by atoms with Crippen LogP contribution in [0, 0.1) is 23.2 Å². The first-order valence-electron chi connectivity index (χ1n) is 10.2. The SMILES string of the molecule is CC(C)C(C(C)Cc1nc(N)nc(Nc2cc(C(=O)O)cc(C(=O)O)c2)n1)C(C)(C)C. The second-order valence-corrected chi connectivity index (χ2v) is 9.29. The van der Waals surface area contributed by atoms with E-state index >= 15 is 0 Å². The van der Waals surface area contributed by atoms with Crippen molar-refractivity contribution < 1.29 is 19.8 Å². The van der Waals surface area contributed by atoms with Crippen LogP contribution in [0.4, 0.5) is 17.6 Å². The van der Waals surface area contributed by atoms with Gasteiger partial charge in [-0.15, -0.1) is 0 Å². The minimum absolute atomic E-state index is 0.0319. The van der Waals surface area contributed by atoms with Crippen LogP contribution in [0.3, 0.4) is 0 Å². The molecule has 0 saturated carbocycles. The number of nitrogens with zero attached hydrogens (tertiary/aromatic N) is 3. The molecule has 0 bridgehead atoms. The van der Waals surface area contributed by atoms with Crippen LogP contribution in [0.25, 0.3) is 0 Å². The lowest BCUT2D eigenvalue weighted by molar-refractivity contribution is 0.0696. The van der Waals surface area contributed by atoms with E-state index in [1.54, 1.807) is 0 Å². The van der Waals surface area contributed by atoms with Gasteiger partial charge in [0.05, 0.1) is 11.1 Å². The number of hydrogen-bond donors (Lipinski definition) is 4. The van der Waals surface area contributed by atoms with Crippen LogP contribution in [0.5, 0.6) is 0 Å². The number of benzene rings is 1. The summed E-state index contributed by atoms with van der Waals surface area (Å²) in [6.45, 7) is 13.2. The summed E-state index contributed by atoms with van der Waals surface area (Å²) < 4.78 is 0. The summed E-state index contributed by atoms with van der Waals surface area (Å²) in [5, 5.41) is 21.4. The monoisotopic (exact) mass is 429 g/mol. The standard InChI is InChI=1S/C22H31N5O4/c1-11(2)17(22(4,5)6)12(3)7-16-25-20(23)27-21(26-16)24-15-9-13(18(28)29)8-14(10-15)19(30)31/h8-12,17H,7H2,1-6H3,(H,28,29)(H,30,31)(H3,23,24,25,26,27). The summed E-state index contributed by atoms with van der Waals surface area (Å²) in [6.07, 6.45) is 0.594. The minimum Gasteiger partial charge on any atom is -0.478 e. The van der Waals surface area contributed by atoms with Gasteiger partial charge in [-0.25, -0.2) is 9.59 Å². The number of nitrogens with one attached hydrogen (secondary N) is 1. The number of carbonyl (C=O) groups is 2. The Kier molecular flexibility index (Phi) is 7.20. The van der Waals surface area contributed by atoms with Crippen molar-refractivity contribution >= 4 is 29.5 Å². The fourth-order valence-electron chi connectivity index (χ4n) is 4.59. The molecular formula is C22H31N5O4. The van der Waals surface area contributed by atoms with Gasteiger partial charge >= 0.3 is 11.9 Å². The average Bonchev–Trinajstić information content (AvgIpc) is 2.58. The van der Waals surface area contributed by atoms with Crippen LogP contribution in [-0.2, 0) is 6.42 Å². The van der Waals surface area contributed by atoms with Crippen molar-refractivity contribution in [3.63, 3.8) is 0 Å². The molecule has 1 heterocycles. The Hall–Kier alpha value is -3.23. The highest BCUT2D eigenvalue weighted by Gasteiger charge is 2.32. The molecule has 1 aromatic carbocycles. The van der Waals surface area contributed by atoms with Crippen molar-refractivity contribution in [2.45, 2.75) is 48.0 Å². The molecule has 31 heavy (non-hydrogen) atoms. The van der Waals surface area contributed by atoms with E-state index in [0.29, 0.717) is 24.1 Å². The van der Waals surface area contributed by atoms with Crippen molar-refractivity contribution in [3.05, 3.63) is 35.2 Å². The van der Waals surface area contributed by atoms with Crippen LogP contribution in [0.15, 0.2) is 18.2 Å². The highest BCUT2D eigenvalue weighted by Crippen LogP contribution is 2.38. The van der Waals surface area contributed by atoms with Crippen LogP contribution >= 0.6 is 0 Å². The van der Waals surface area contributed by atoms with Gasteiger partial charge in [0.25, 0.3) is 0 Å². The van der Waals surface area contributed by atoms with Crippen LogP contribution in [-0.4, -0.2) is 37.1 Å². The molecule has 2 aromatic rings. The molecule has 5 N–H and O–H groups in total. The molecule has 0 spiro atoms. The van der Waals surface area contributed by atoms with Gasteiger partial charge in [-0.05, 0) is 41.4 Å². The minimum atomic E-state index is -1.24. The number of carboxylic acids is 2. The fraction of sp³-hybridized carbons (Fsp3) is 0.500. The number of carboxylic acid groups (broad SMARTS) is 2. The first kappa shape index (κ1) is 24.0. The highest BCUT2D eigenvalue weighted by atomic mass is 16.4. The molecule has 168 valence electrons. The number of aromatic nitrogens is 3. The van der Waals surface area contributed by atoms with Crippen LogP contribution < -0.4 is 11.1 Å². The Labute approximate surface area is 182 Å². The number of aromatic carboxylic acids is 2. The molecule has 0 amide bonds. The largest absolute Gasteiger partial charge is 0.478 e. The molecule has 0 aliphatic heterocycles. The number of rotatable bonds is 8. The summed E-state index contributed by atoms with van der Waals surface area (Å²) in [4.78, 5) is 35.4. The van der Waals surface area contributed by atoms with E-state index in [4.69, 9.17) is 5.73 Å². The zero-order valence-electron chi connectivity index (χ0n) is 18.8. The molecule has 0 fully saturated rings. The van der Waals surface area contributed by atoms with E-state index in [0.717, 1.165) is 6.07 Å². The first-order chi connectivity index (χ1) is 14.3. The quantitative estimate of drug-likeness (QED) is 0.486. The van der Waals surface area contributed by atoms with Crippen molar-refractivity contribution in [3.8, 4) is 0 Å². The second kappa shape index (κ2) is 9.28. The molecule has 0 saturated heterocycles. The Bertz CT molecular complexity index is 937. The van der Waals surface area contributed by atoms with Gasteiger partial charge in [-0.2, -0.15) is 15.0 Å². The fourth-order valence-corrected chi connectivity index (χ4v) is 4.59. The molecule has 9 heteroatoms. The van der Waals surface area contributed by atoms with Gasteiger partial charge in [0.1, 0.15) is 5.82 Å². The molecule has 0 aliphatic rings. The Morgan fingerprint density at radius 1 is 1.00 bits per heavy atom. The van der Waals surface area contributed by atoms with Gasteiger partial charge in [-0.3, -0.25) is 0 Å². The van der Waals surface area contributed by atoms with Crippen molar-refractivity contribution in [1.29, 1.82) is 0 Å². The van der Waals surface area contributed by atoms with E-state index in [-0.39, 0.29) is 40.0 Å². The van der Waals surface area contributed by atoms with Gasteiger partial charge in [0.2, 0.25) is 11.9 Å². The molecule has 1 aromatic heterocycles. The van der Waals surface area contributed by atoms with E-state index in [1.807, 2.05) is 0 Å². The number of anilines is 3. The topological polar surface area (TPSA) is 151 Å². The Morgan fingerprint density at radius 3 is 2.00 bits per heavy atom. The summed E-state index contributed by atoms with van der Waals surface area (Å²) in [5.74, 6) is -0.619. The maximum absolute atomic E-state index is 11.3. The maximum atomic E-state index is 11.3. The number of hydrogen-bond acceptors (Lipinski definition) is 7. The highest BCUT2D eigenvalue weighted by molar-refractivity contribution is 5.95. The molecule has 2 rings (SSSR count). The molecule has 2 unspecified atom stereocenters.